The van der Waals surface area contributed by atoms with Gasteiger partial charge < -0.3 is 11.1 Å². The Bertz CT molecular complexity index is 431. The van der Waals surface area contributed by atoms with Crippen LogP contribution in [0.25, 0.3) is 0 Å². The molecular weight excluding hydrogens is 398 g/mol. The number of nitrogens with zero attached hydrogens (tertiary/aromatic N) is 1. The van der Waals surface area contributed by atoms with Crippen molar-refractivity contribution in [2.75, 3.05) is 27.7 Å². The molecule has 0 radical (unpaired) electrons. The quantitative estimate of drug-likeness (QED) is 0.305. The van der Waals surface area contributed by atoms with Gasteiger partial charge in [0.1, 0.15) is 6.54 Å². The van der Waals surface area contributed by atoms with Crippen molar-refractivity contribution < 1.29 is 4.48 Å². The number of nitrogens with two attached hydrogens (primary N) is 1. The minimum atomic E-state index is -0.0647. The van der Waals surface area contributed by atoms with Crippen LogP contribution in [0.3, 0.4) is 0 Å². The van der Waals surface area contributed by atoms with Crippen LogP contribution in [0.15, 0.2) is 18.2 Å². The van der Waals surface area contributed by atoms with Gasteiger partial charge in [-0.3, -0.25) is 4.48 Å². The van der Waals surface area contributed by atoms with Crippen molar-refractivity contribution in [3.05, 3.63) is 33.8 Å². The van der Waals surface area contributed by atoms with E-state index in [1.54, 1.807) is 12.1 Å². The van der Waals surface area contributed by atoms with Gasteiger partial charge >= 0.3 is 0 Å². The molecule has 0 heterocycles. The van der Waals surface area contributed by atoms with Crippen molar-refractivity contribution in [1.29, 1.82) is 5.41 Å². The van der Waals surface area contributed by atoms with Crippen LogP contribution in [0, 0.1) is 5.41 Å². The van der Waals surface area contributed by atoms with Crippen LogP contribution in [-0.2, 0) is 0 Å². The van der Waals surface area contributed by atoms with Crippen LogP contribution in [0.4, 0.5) is 0 Å². The monoisotopic (exact) mass is 417 g/mol. The molecule has 0 bridgehead atoms. The summed E-state index contributed by atoms with van der Waals surface area (Å²) in [5.41, 5.74) is 6.43. The lowest BCUT2D eigenvalue weighted by molar-refractivity contribution is -0.803. The zero-order chi connectivity index (χ0) is 13.9. The van der Waals surface area contributed by atoms with Crippen LogP contribution in [-0.4, -0.2) is 38.1 Å². The SMILES string of the molecule is CNC(C[N+](C)(C)C(=N)N)c1c(Cl)cccc1Cl.I. The van der Waals surface area contributed by atoms with Crippen LogP contribution in [0.1, 0.15) is 11.6 Å². The Morgan fingerprint density at radius 3 is 2.21 bits per heavy atom. The summed E-state index contributed by atoms with van der Waals surface area (Å²) in [6.45, 7) is 0.593. The van der Waals surface area contributed by atoms with Gasteiger partial charge in [0, 0.05) is 15.6 Å². The van der Waals surface area contributed by atoms with Gasteiger partial charge in [-0.2, -0.15) is 0 Å². The summed E-state index contributed by atoms with van der Waals surface area (Å²) < 4.78 is 0.271. The first-order valence-corrected chi connectivity index (χ1v) is 6.34. The second kappa shape index (κ2) is 7.64. The smallest absolute Gasteiger partial charge is 0.291 e. The summed E-state index contributed by atoms with van der Waals surface area (Å²) in [5, 5.41) is 12.0. The summed E-state index contributed by atoms with van der Waals surface area (Å²) >= 11 is 12.4. The molecule has 4 nitrogen and oxygen atoms in total. The van der Waals surface area contributed by atoms with E-state index >= 15 is 0 Å². The van der Waals surface area contributed by atoms with Crippen molar-refractivity contribution >= 4 is 53.1 Å². The maximum absolute atomic E-state index is 7.59. The summed E-state index contributed by atoms with van der Waals surface area (Å²) in [7, 11) is 5.58. The van der Waals surface area contributed by atoms with E-state index in [9.17, 15) is 0 Å². The Labute approximate surface area is 141 Å². The largest absolute Gasteiger partial charge is 0.338 e. The molecule has 0 aliphatic heterocycles. The predicted octanol–water partition coefficient (Wildman–Crippen LogP) is 2.84. The number of likely N-dealkylation sites (N-methyl/N-ethyl adjacent to an activating group) is 2. The summed E-state index contributed by atoms with van der Waals surface area (Å²) in [4.78, 5) is 0. The van der Waals surface area contributed by atoms with E-state index in [-0.39, 0.29) is 40.5 Å². The van der Waals surface area contributed by atoms with E-state index in [1.165, 1.54) is 0 Å². The maximum atomic E-state index is 7.59. The second-order valence-electron chi connectivity index (χ2n) is 4.73. The third kappa shape index (κ3) is 4.75. The molecule has 4 N–H and O–H groups in total. The predicted molar refractivity (Wildman–Crippen MR) is 92.6 cm³/mol. The van der Waals surface area contributed by atoms with Gasteiger partial charge in [-0.15, -0.1) is 24.0 Å². The first-order valence-electron chi connectivity index (χ1n) is 5.58. The van der Waals surface area contributed by atoms with E-state index in [2.05, 4.69) is 5.32 Å². The standard InChI is InChI=1S/C12H19Cl2N4.HI/c1-17-10(7-18(2,3)12(15)16)11-8(13)5-4-6-9(11)14;/h4-6,10,17H,7H2,1-3H3,(H3,15,16);1H/q+1;. The number of halogens is 3. The van der Waals surface area contributed by atoms with Crippen molar-refractivity contribution in [3.8, 4) is 0 Å². The van der Waals surface area contributed by atoms with E-state index in [0.29, 0.717) is 16.6 Å². The molecule has 0 saturated heterocycles. The number of hydrogen-bond donors (Lipinski definition) is 3. The van der Waals surface area contributed by atoms with Crippen LogP contribution < -0.4 is 11.1 Å². The molecule has 1 atom stereocenters. The highest BCUT2D eigenvalue weighted by molar-refractivity contribution is 14.0. The molecule has 1 unspecified atom stereocenters. The van der Waals surface area contributed by atoms with Crippen LogP contribution in [0.5, 0.6) is 0 Å². The molecule has 1 rings (SSSR count). The van der Waals surface area contributed by atoms with E-state index in [4.69, 9.17) is 34.3 Å². The molecule has 0 spiro atoms. The topological polar surface area (TPSA) is 61.9 Å². The maximum Gasteiger partial charge on any atom is 0.291 e. The number of nitrogens with one attached hydrogen (secondary N) is 2. The van der Waals surface area contributed by atoms with Crippen LogP contribution in [0.2, 0.25) is 10.0 Å². The van der Waals surface area contributed by atoms with Gasteiger partial charge in [0.25, 0.3) is 5.96 Å². The van der Waals surface area contributed by atoms with E-state index in [1.807, 2.05) is 27.2 Å². The first kappa shape index (κ1) is 18.9. The number of guanidine groups is 1. The van der Waals surface area contributed by atoms with Crippen LogP contribution >= 0.6 is 47.2 Å². The molecule has 0 aliphatic carbocycles. The Kier molecular flexibility index (Phi) is 7.60. The first-order chi connectivity index (χ1) is 8.29. The Morgan fingerprint density at radius 2 is 1.84 bits per heavy atom. The molecule has 1 aromatic carbocycles. The highest BCUT2D eigenvalue weighted by Gasteiger charge is 2.28. The lowest BCUT2D eigenvalue weighted by atomic mass is 10.1. The van der Waals surface area contributed by atoms with E-state index in [0.717, 1.165) is 5.56 Å². The molecule has 0 saturated carbocycles. The third-order valence-corrected chi connectivity index (χ3v) is 3.65. The summed E-state index contributed by atoms with van der Waals surface area (Å²) in [6.07, 6.45) is 0. The molecule has 0 aromatic heterocycles. The third-order valence-electron chi connectivity index (χ3n) is 2.99. The van der Waals surface area contributed by atoms with Gasteiger partial charge in [-0.1, -0.05) is 29.3 Å². The molecule has 7 heteroatoms. The minimum Gasteiger partial charge on any atom is -0.338 e. The highest BCUT2D eigenvalue weighted by Crippen LogP contribution is 2.31. The van der Waals surface area contributed by atoms with Crippen molar-refractivity contribution in [1.82, 2.24) is 5.32 Å². The molecule has 0 aliphatic rings. The minimum absolute atomic E-state index is 0. The van der Waals surface area contributed by atoms with Gasteiger partial charge in [0.15, 0.2) is 0 Å². The van der Waals surface area contributed by atoms with Crippen molar-refractivity contribution in [2.24, 2.45) is 5.73 Å². The average molecular weight is 418 g/mol. The fourth-order valence-corrected chi connectivity index (χ4v) is 2.39. The Morgan fingerprint density at radius 1 is 1.37 bits per heavy atom. The fraction of sp³-hybridized carbons (Fsp3) is 0.417. The average Bonchev–Trinajstić information content (AvgIpc) is 2.26. The van der Waals surface area contributed by atoms with Gasteiger partial charge in [0.2, 0.25) is 0 Å². The zero-order valence-electron chi connectivity index (χ0n) is 11.2. The van der Waals surface area contributed by atoms with Gasteiger partial charge in [0.05, 0.1) is 20.1 Å². The zero-order valence-corrected chi connectivity index (χ0v) is 15.0. The number of rotatable bonds is 4. The summed E-state index contributed by atoms with van der Waals surface area (Å²) in [5.74, 6) is 0.0958. The summed E-state index contributed by atoms with van der Waals surface area (Å²) in [6, 6.07) is 5.36. The molecule has 0 amide bonds. The van der Waals surface area contributed by atoms with Crippen molar-refractivity contribution in [3.63, 3.8) is 0 Å². The molecular formula is C12H20Cl2IN4+. The molecule has 108 valence electrons. The van der Waals surface area contributed by atoms with Gasteiger partial charge in [-0.25, -0.2) is 5.41 Å². The highest BCUT2D eigenvalue weighted by atomic mass is 127. The lowest BCUT2D eigenvalue weighted by Crippen LogP contribution is -2.53. The number of hydrogen-bond acceptors (Lipinski definition) is 2. The second-order valence-corrected chi connectivity index (χ2v) is 5.54. The molecule has 19 heavy (non-hydrogen) atoms. The van der Waals surface area contributed by atoms with Gasteiger partial charge in [-0.05, 0) is 19.2 Å². The fourth-order valence-electron chi connectivity index (χ4n) is 1.73. The number of benzene rings is 1. The number of quaternary nitrogens is 1. The van der Waals surface area contributed by atoms with E-state index < -0.39 is 0 Å². The lowest BCUT2D eigenvalue weighted by Gasteiger charge is -2.31. The van der Waals surface area contributed by atoms with Crippen molar-refractivity contribution in [2.45, 2.75) is 6.04 Å². The Balaban J connectivity index is 0.00000324. The Hall–Kier alpha value is -0.0800. The molecule has 0 fully saturated rings. The molecule has 1 aromatic rings. The normalized spacial score (nSPS) is 12.7.